The standard InChI is InChI=1S/C21H25N5O/c1-2-25-10-12-26(13-11-25)21-23-19(17-7-4-3-5-8-17)15-20(24-21)22-16-18-9-6-14-27-18/h3-9,14-15H,2,10-13,16H2,1H3,(H,22,23,24). The van der Waals surface area contributed by atoms with Crippen LogP contribution in [0.2, 0.25) is 0 Å². The molecule has 1 aromatic carbocycles. The van der Waals surface area contributed by atoms with E-state index in [1.54, 1.807) is 6.26 Å². The summed E-state index contributed by atoms with van der Waals surface area (Å²) in [5, 5.41) is 3.37. The van der Waals surface area contributed by atoms with E-state index in [1.165, 1.54) is 0 Å². The predicted molar refractivity (Wildman–Crippen MR) is 108 cm³/mol. The number of furan rings is 1. The van der Waals surface area contributed by atoms with Gasteiger partial charge in [-0.05, 0) is 18.7 Å². The minimum Gasteiger partial charge on any atom is -0.467 e. The zero-order valence-electron chi connectivity index (χ0n) is 15.6. The lowest BCUT2D eigenvalue weighted by molar-refractivity contribution is 0.270. The number of piperazine rings is 1. The molecule has 0 amide bonds. The van der Waals surface area contributed by atoms with Gasteiger partial charge in [-0.3, -0.25) is 0 Å². The molecule has 0 saturated carbocycles. The van der Waals surface area contributed by atoms with Crippen molar-refractivity contribution in [3.8, 4) is 11.3 Å². The van der Waals surface area contributed by atoms with E-state index in [2.05, 4.69) is 34.2 Å². The summed E-state index contributed by atoms with van der Waals surface area (Å²) in [7, 11) is 0. The van der Waals surface area contributed by atoms with Crippen LogP contribution in [-0.4, -0.2) is 47.6 Å². The first-order chi connectivity index (χ1) is 13.3. The van der Waals surface area contributed by atoms with Crippen molar-refractivity contribution in [3.63, 3.8) is 0 Å². The third-order valence-electron chi connectivity index (χ3n) is 4.91. The van der Waals surface area contributed by atoms with Crippen LogP contribution in [0.1, 0.15) is 12.7 Å². The molecular weight excluding hydrogens is 338 g/mol. The topological polar surface area (TPSA) is 57.4 Å². The fourth-order valence-electron chi connectivity index (χ4n) is 3.28. The number of hydrogen-bond donors (Lipinski definition) is 1. The van der Waals surface area contributed by atoms with E-state index in [0.717, 1.165) is 61.5 Å². The van der Waals surface area contributed by atoms with Gasteiger partial charge in [-0.1, -0.05) is 37.3 Å². The van der Waals surface area contributed by atoms with Crippen LogP contribution in [-0.2, 0) is 6.54 Å². The summed E-state index contributed by atoms with van der Waals surface area (Å²) in [4.78, 5) is 14.4. The fourth-order valence-corrected chi connectivity index (χ4v) is 3.28. The van der Waals surface area contributed by atoms with E-state index in [0.29, 0.717) is 6.54 Å². The fraction of sp³-hybridized carbons (Fsp3) is 0.333. The van der Waals surface area contributed by atoms with E-state index in [1.807, 2.05) is 36.4 Å². The Morgan fingerprint density at radius 3 is 2.52 bits per heavy atom. The Labute approximate surface area is 159 Å². The molecule has 3 aromatic rings. The summed E-state index contributed by atoms with van der Waals surface area (Å²) >= 11 is 0. The molecule has 0 aliphatic carbocycles. The Bertz CT molecular complexity index is 842. The number of anilines is 2. The molecule has 0 spiro atoms. The van der Waals surface area contributed by atoms with Crippen molar-refractivity contribution in [2.75, 3.05) is 42.9 Å². The largest absolute Gasteiger partial charge is 0.467 e. The van der Waals surface area contributed by atoms with E-state index in [9.17, 15) is 0 Å². The van der Waals surface area contributed by atoms with E-state index < -0.39 is 0 Å². The summed E-state index contributed by atoms with van der Waals surface area (Å²) < 4.78 is 5.42. The number of hydrogen-bond acceptors (Lipinski definition) is 6. The number of benzene rings is 1. The van der Waals surface area contributed by atoms with Crippen molar-refractivity contribution < 1.29 is 4.42 Å². The quantitative estimate of drug-likeness (QED) is 0.723. The summed E-state index contributed by atoms with van der Waals surface area (Å²) in [6.45, 7) is 7.89. The molecular formula is C21H25N5O. The Hall–Kier alpha value is -2.86. The lowest BCUT2D eigenvalue weighted by Gasteiger charge is -2.34. The Morgan fingerprint density at radius 2 is 1.81 bits per heavy atom. The van der Waals surface area contributed by atoms with E-state index in [-0.39, 0.29) is 0 Å². The summed E-state index contributed by atoms with van der Waals surface area (Å²) in [5.41, 5.74) is 2.02. The van der Waals surface area contributed by atoms with Crippen molar-refractivity contribution >= 4 is 11.8 Å². The summed E-state index contributed by atoms with van der Waals surface area (Å²) in [6, 6.07) is 16.1. The monoisotopic (exact) mass is 363 g/mol. The molecule has 2 aromatic heterocycles. The van der Waals surface area contributed by atoms with Crippen LogP contribution in [0.5, 0.6) is 0 Å². The van der Waals surface area contributed by atoms with Gasteiger partial charge in [0.15, 0.2) is 0 Å². The zero-order valence-corrected chi connectivity index (χ0v) is 15.6. The van der Waals surface area contributed by atoms with Crippen LogP contribution in [0, 0.1) is 0 Å². The second-order valence-electron chi connectivity index (χ2n) is 6.66. The molecule has 6 nitrogen and oxygen atoms in total. The maximum Gasteiger partial charge on any atom is 0.227 e. The van der Waals surface area contributed by atoms with Gasteiger partial charge >= 0.3 is 0 Å². The highest BCUT2D eigenvalue weighted by molar-refractivity contribution is 5.64. The predicted octanol–water partition coefficient (Wildman–Crippen LogP) is 3.49. The first-order valence-corrected chi connectivity index (χ1v) is 9.50. The Kier molecular flexibility index (Phi) is 5.34. The van der Waals surface area contributed by atoms with Gasteiger partial charge in [0.25, 0.3) is 0 Å². The molecule has 1 fully saturated rings. The summed E-state index contributed by atoms with van der Waals surface area (Å²) in [6.07, 6.45) is 1.69. The van der Waals surface area contributed by atoms with Crippen molar-refractivity contribution in [2.45, 2.75) is 13.5 Å². The number of rotatable bonds is 6. The first kappa shape index (κ1) is 17.5. The molecule has 0 atom stereocenters. The average molecular weight is 363 g/mol. The maximum absolute atomic E-state index is 5.42. The van der Waals surface area contributed by atoms with Crippen LogP contribution in [0.3, 0.4) is 0 Å². The van der Waals surface area contributed by atoms with E-state index in [4.69, 9.17) is 14.4 Å². The summed E-state index contributed by atoms with van der Waals surface area (Å²) in [5.74, 6) is 2.48. The molecule has 27 heavy (non-hydrogen) atoms. The minimum absolute atomic E-state index is 0.599. The second kappa shape index (κ2) is 8.22. The minimum atomic E-state index is 0.599. The smallest absolute Gasteiger partial charge is 0.227 e. The number of nitrogens with one attached hydrogen (secondary N) is 1. The van der Waals surface area contributed by atoms with Crippen LogP contribution in [0.25, 0.3) is 11.3 Å². The van der Waals surface area contributed by atoms with E-state index >= 15 is 0 Å². The van der Waals surface area contributed by atoms with Gasteiger partial charge in [-0.15, -0.1) is 0 Å². The highest BCUT2D eigenvalue weighted by Crippen LogP contribution is 2.24. The molecule has 6 heteroatoms. The third-order valence-corrected chi connectivity index (χ3v) is 4.91. The van der Waals surface area contributed by atoms with Gasteiger partial charge in [0, 0.05) is 37.8 Å². The molecule has 4 rings (SSSR count). The molecule has 0 bridgehead atoms. The Morgan fingerprint density at radius 1 is 1.00 bits per heavy atom. The van der Waals surface area contributed by atoms with Crippen molar-refractivity contribution in [2.24, 2.45) is 0 Å². The van der Waals surface area contributed by atoms with Gasteiger partial charge < -0.3 is 19.5 Å². The van der Waals surface area contributed by atoms with Gasteiger partial charge in [0.05, 0.1) is 18.5 Å². The normalized spacial score (nSPS) is 15.1. The maximum atomic E-state index is 5.42. The van der Waals surface area contributed by atoms with Gasteiger partial charge in [0.1, 0.15) is 11.6 Å². The highest BCUT2D eigenvalue weighted by Gasteiger charge is 2.19. The van der Waals surface area contributed by atoms with Crippen LogP contribution in [0.4, 0.5) is 11.8 Å². The molecule has 1 aliphatic heterocycles. The van der Waals surface area contributed by atoms with Crippen LogP contribution < -0.4 is 10.2 Å². The van der Waals surface area contributed by atoms with Gasteiger partial charge in [0.2, 0.25) is 5.95 Å². The molecule has 1 aliphatic rings. The van der Waals surface area contributed by atoms with Crippen molar-refractivity contribution in [1.82, 2.24) is 14.9 Å². The Balaban J connectivity index is 1.60. The third kappa shape index (κ3) is 4.28. The first-order valence-electron chi connectivity index (χ1n) is 9.50. The molecule has 0 unspecified atom stereocenters. The zero-order chi connectivity index (χ0) is 18.5. The van der Waals surface area contributed by atoms with Gasteiger partial charge in [-0.2, -0.15) is 4.98 Å². The SMILES string of the molecule is CCN1CCN(c2nc(NCc3ccco3)cc(-c3ccccc3)n2)CC1. The molecule has 140 valence electrons. The second-order valence-corrected chi connectivity index (χ2v) is 6.66. The number of aromatic nitrogens is 2. The number of likely N-dealkylation sites (N-methyl/N-ethyl adjacent to an activating group) is 1. The highest BCUT2D eigenvalue weighted by atomic mass is 16.3. The lowest BCUT2D eigenvalue weighted by Crippen LogP contribution is -2.46. The molecule has 1 N–H and O–H groups in total. The average Bonchev–Trinajstić information content (AvgIpc) is 3.26. The van der Waals surface area contributed by atoms with Crippen LogP contribution >= 0.6 is 0 Å². The van der Waals surface area contributed by atoms with Crippen molar-refractivity contribution in [1.29, 1.82) is 0 Å². The van der Waals surface area contributed by atoms with Gasteiger partial charge in [-0.25, -0.2) is 4.98 Å². The van der Waals surface area contributed by atoms with Crippen molar-refractivity contribution in [3.05, 3.63) is 60.6 Å². The lowest BCUT2D eigenvalue weighted by atomic mass is 10.1. The molecule has 3 heterocycles. The van der Waals surface area contributed by atoms with Crippen LogP contribution in [0.15, 0.2) is 59.2 Å². The number of nitrogens with zero attached hydrogens (tertiary/aromatic N) is 4. The molecule has 1 saturated heterocycles. The molecule has 0 radical (unpaired) electrons.